The highest BCUT2D eigenvalue weighted by molar-refractivity contribution is 7.92. The highest BCUT2D eigenvalue weighted by Crippen LogP contribution is 2.30. The summed E-state index contributed by atoms with van der Waals surface area (Å²) in [7, 11) is -2.51. The fourth-order valence-corrected chi connectivity index (χ4v) is 5.39. The highest BCUT2D eigenvalue weighted by atomic mass is 35.5. The molecular formula is C28H25ClN2O4S. The summed E-state index contributed by atoms with van der Waals surface area (Å²) in [5, 5.41) is 3.40. The van der Waals surface area contributed by atoms with E-state index in [0.717, 1.165) is 11.1 Å². The lowest BCUT2D eigenvalue weighted by Gasteiger charge is -2.27. The van der Waals surface area contributed by atoms with Crippen molar-refractivity contribution in [2.45, 2.75) is 18.0 Å². The zero-order chi connectivity index (χ0) is 25.5. The van der Waals surface area contributed by atoms with E-state index in [0.29, 0.717) is 10.8 Å². The molecule has 0 unspecified atom stereocenters. The summed E-state index contributed by atoms with van der Waals surface area (Å²) < 4.78 is 34.2. The minimum atomic E-state index is -4.03. The number of anilines is 1. The number of carbonyl (C=O) groups excluding carboxylic acids is 1. The molecule has 0 radical (unpaired) electrons. The Bertz CT molecular complexity index is 1440. The van der Waals surface area contributed by atoms with Crippen molar-refractivity contribution in [3.8, 4) is 5.75 Å². The molecular weight excluding hydrogens is 496 g/mol. The Labute approximate surface area is 216 Å². The van der Waals surface area contributed by atoms with Crippen LogP contribution in [0.15, 0.2) is 108 Å². The lowest BCUT2D eigenvalue weighted by atomic mass is 10.1. The van der Waals surface area contributed by atoms with Crippen LogP contribution in [0.4, 0.5) is 5.69 Å². The minimum absolute atomic E-state index is 0.0456. The second-order valence-corrected chi connectivity index (χ2v) is 10.2. The molecule has 8 heteroatoms. The third-order valence-corrected chi connectivity index (χ3v) is 7.77. The number of rotatable bonds is 9. The molecule has 0 bridgehead atoms. The van der Waals surface area contributed by atoms with Crippen molar-refractivity contribution < 1.29 is 17.9 Å². The van der Waals surface area contributed by atoms with Crippen molar-refractivity contribution in [2.75, 3.05) is 11.4 Å². The number of ether oxygens (including phenoxy) is 1. The fraction of sp³-hybridized carbons (Fsp3) is 0.107. The van der Waals surface area contributed by atoms with Crippen LogP contribution < -0.4 is 14.4 Å². The smallest absolute Gasteiger partial charge is 0.264 e. The molecule has 6 nitrogen and oxygen atoms in total. The van der Waals surface area contributed by atoms with Crippen LogP contribution in [0.2, 0.25) is 5.02 Å². The Morgan fingerprint density at radius 3 is 2.19 bits per heavy atom. The molecule has 0 aliphatic heterocycles. The van der Waals surface area contributed by atoms with Crippen molar-refractivity contribution >= 4 is 33.2 Å². The first kappa shape index (κ1) is 25.3. The van der Waals surface area contributed by atoms with E-state index >= 15 is 0 Å². The summed E-state index contributed by atoms with van der Waals surface area (Å²) in [6.45, 7) is 0.251. The van der Waals surface area contributed by atoms with Gasteiger partial charge in [-0.05, 0) is 53.6 Å². The van der Waals surface area contributed by atoms with Gasteiger partial charge in [-0.3, -0.25) is 9.10 Å². The van der Waals surface area contributed by atoms with E-state index in [9.17, 15) is 13.2 Å². The van der Waals surface area contributed by atoms with E-state index in [1.165, 1.54) is 23.5 Å². The molecule has 4 aromatic rings. The highest BCUT2D eigenvalue weighted by Gasteiger charge is 2.28. The number of benzene rings is 4. The number of sulfonamides is 1. The van der Waals surface area contributed by atoms with E-state index < -0.39 is 15.9 Å². The average molecular weight is 521 g/mol. The molecule has 0 spiro atoms. The molecule has 4 rings (SSSR count). The molecule has 0 atom stereocenters. The summed E-state index contributed by atoms with van der Waals surface area (Å²) >= 11 is 6.23. The first-order chi connectivity index (χ1) is 17.4. The van der Waals surface area contributed by atoms with E-state index in [4.69, 9.17) is 16.3 Å². The van der Waals surface area contributed by atoms with Crippen LogP contribution in [-0.4, -0.2) is 21.4 Å². The van der Waals surface area contributed by atoms with Gasteiger partial charge in [0, 0.05) is 11.6 Å². The van der Waals surface area contributed by atoms with Gasteiger partial charge in [0.15, 0.2) is 0 Å². The second kappa shape index (κ2) is 11.3. The van der Waals surface area contributed by atoms with Crippen molar-refractivity contribution in [1.82, 2.24) is 5.32 Å². The number of hydrogen-bond acceptors (Lipinski definition) is 4. The predicted octanol–water partition coefficient (Wildman–Crippen LogP) is 5.67. The Balaban J connectivity index is 1.72. The number of carbonyl (C=O) groups is 1. The number of nitrogens with zero attached hydrogens (tertiary/aromatic N) is 1. The van der Waals surface area contributed by atoms with Gasteiger partial charge in [0.2, 0.25) is 0 Å². The van der Waals surface area contributed by atoms with E-state index in [2.05, 4.69) is 5.32 Å². The van der Waals surface area contributed by atoms with E-state index in [1.807, 2.05) is 48.5 Å². The van der Waals surface area contributed by atoms with Gasteiger partial charge >= 0.3 is 0 Å². The third-order valence-electron chi connectivity index (χ3n) is 5.63. The molecule has 0 aliphatic rings. The quantitative estimate of drug-likeness (QED) is 0.308. The zero-order valence-corrected chi connectivity index (χ0v) is 21.2. The van der Waals surface area contributed by atoms with Gasteiger partial charge in [-0.25, -0.2) is 8.42 Å². The molecule has 0 saturated heterocycles. The molecule has 1 N–H and O–H groups in total. The van der Waals surface area contributed by atoms with Gasteiger partial charge in [0.1, 0.15) is 5.75 Å². The van der Waals surface area contributed by atoms with Crippen LogP contribution in [-0.2, 0) is 23.1 Å². The van der Waals surface area contributed by atoms with Crippen molar-refractivity contribution in [3.05, 3.63) is 125 Å². The molecule has 0 aromatic heterocycles. The summed E-state index contributed by atoms with van der Waals surface area (Å²) in [4.78, 5) is 13.4. The Morgan fingerprint density at radius 1 is 0.861 bits per heavy atom. The Hall–Kier alpha value is -3.81. The number of hydrogen-bond donors (Lipinski definition) is 1. The van der Waals surface area contributed by atoms with Crippen molar-refractivity contribution in [2.24, 2.45) is 0 Å². The summed E-state index contributed by atoms with van der Waals surface area (Å²) in [6.07, 6.45) is 0. The van der Waals surface area contributed by atoms with Crippen LogP contribution >= 0.6 is 11.6 Å². The molecule has 184 valence electrons. The topological polar surface area (TPSA) is 75.7 Å². The second-order valence-electron chi connectivity index (χ2n) is 7.96. The molecule has 0 aliphatic carbocycles. The number of para-hydroxylation sites is 1. The normalized spacial score (nSPS) is 11.1. The van der Waals surface area contributed by atoms with Crippen molar-refractivity contribution in [1.29, 1.82) is 0 Å². The maximum Gasteiger partial charge on any atom is 0.264 e. The van der Waals surface area contributed by atoms with Crippen LogP contribution in [0, 0.1) is 0 Å². The summed E-state index contributed by atoms with van der Waals surface area (Å²) in [5.74, 6) is 0.136. The minimum Gasteiger partial charge on any atom is -0.497 e. The van der Waals surface area contributed by atoms with Gasteiger partial charge in [-0.2, -0.15) is 0 Å². The molecule has 1 amide bonds. The van der Waals surface area contributed by atoms with Gasteiger partial charge in [-0.1, -0.05) is 72.3 Å². The zero-order valence-electron chi connectivity index (χ0n) is 19.6. The Morgan fingerprint density at radius 2 is 1.50 bits per heavy atom. The van der Waals surface area contributed by atoms with E-state index in [-0.39, 0.29) is 29.2 Å². The van der Waals surface area contributed by atoms with Gasteiger partial charge in [0.05, 0.1) is 29.8 Å². The average Bonchev–Trinajstić information content (AvgIpc) is 2.91. The molecule has 0 heterocycles. The SMILES string of the molecule is COc1ccc(S(=O)(=O)N(Cc2ccccc2)c2ccccc2C(=O)NCc2ccccc2Cl)cc1. The molecule has 36 heavy (non-hydrogen) atoms. The lowest BCUT2D eigenvalue weighted by Crippen LogP contribution is -2.33. The van der Waals surface area contributed by atoms with Crippen molar-refractivity contribution in [3.63, 3.8) is 0 Å². The van der Waals surface area contributed by atoms with Gasteiger partial charge < -0.3 is 10.1 Å². The van der Waals surface area contributed by atoms with Gasteiger partial charge in [-0.15, -0.1) is 0 Å². The maximum atomic E-state index is 13.9. The van der Waals surface area contributed by atoms with Crippen LogP contribution in [0.3, 0.4) is 0 Å². The largest absolute Gasteiger partial charge is 0.497 e. The van der Waals surface area contributed by atoms with Crippen LogP contribution in [0.1, 0.15) is 21.5 Å². The molecule has 0 fully saturated rings. The number of halogens is 1. The first-order valence-electron chi connectivity index (χ1n) is 11.2. The monoisotopic (exact) mass is 520 g/mol. The molecule has 0 saturated carbocycles. The van der Waals surface area contributed by atoms with Crippen LogP contribution in [0.5, 0.6) is 5.75 Å². The molecule has 4 aromatic carbocycles. The summed E-state index contributed by atoms with van der Waals surface area (Å²) in [5.41, 5.74) is 2.05. The lowest BCUT2D eigenvalue weighted by molar-refractivity contribution is 0.0951. The standard InChI is InChI=1S/C28H25ClN2O4S/c1-35-23-15-17-24(18-16-23)36(33,34)31(20-21-9-3-2-4-10-21)27-14-8-6-12-25(27)28(32)30-19-22-11-5-7-13-26(22)29/h2-18H,19-20H2,1H3,(H,30,32). The first-order valence-corrected chi connectivity index (χ1v) is 13.0. The number of methoxy groups -OCH3 is 1. The number of nitrogens with one attached hydrogen (secondary N) is 1. The predicted molar refractivity (Wildman–Crippen MR) is 142 cm³/mol. The fourth-order valence-electron chi connectivity index (χ4n) is 3.72. The Kier molecular flexibility index (Phi) is 7.93. The third kappa shape index (κ3) is 5.70. The van der Waals surface area contributed by atoms with Gasteiger partial charge in [0.25, 0.3) is 15.9 Å². The van der Waals surface area contributed by atoms with E-state index in [1.54, 1.807) is 42.5 Å². The maximum absolute atomic E-state index is 13.9. The number of amides is 1. The summed E-state index contributed by atoms with van der Waals surface area (Å²) in [6, 6.07) is 29.3. The van der Waals surface area contributed by atoms with Crippen LogP contribution in [0.25, 0.3) is 0 Å².